The first-order valence-electron chi connectivity index (χ1n) is 7.05. The maximum absolute atomic E-state index is 11.3. The van der Waals surface area contributed by atoms with Gasteiger partial charge in [0.15, 0.2) is 11.5 Å². The molecule has 21 heavy (non-hydrogen) atoms. The van der Waals surface area contributed by atoms with Gasteiger partial charge in [-0.25, -0.2) is 8.42 Å². The lowest BCUT2D eigenvalue weighted by Crippen LogP contribution is -2.26. The Morgan fingerprint density at radius 2 is 2.05 bits per heavy atom. The number of hydrogen-bond donors (Lipinski definition) is 0. The summed E-state index contributed by atoms with van der Waals surface area (Å²) in [5.41, 5.74) is 1.14. The summed E-state index contributed by atoms with van der Waals surface area (Å²) in [4.78, 5) is 2.20. The molecular formula is C15H23NO4S. The summed E-state index contributed by atoms with van der Waals surface area (Å²) in [5, 5.41) is 0. The van der Waals surface area contributed by atoms with Gasteiger partial charge < -0.3 is 14.4 Å². The van der Waals surface area contributed by atoms with Crippen molar-refractivity contribution in [2.24, 2.45) is 0 Å². The average Bonchev–Trinajstić information content (AvgIpc) is 2.92. The van der Waals surface area contributed by atoms with Crippen molar-refractivity contribution in [2.75, 3.05) is 45.9 Å². The molecule has 5 nitrogen and oxygen atoms in total. The lowest BCUT2D eigenvalue weighted by atomic mass is 9.97. The predicted molar refractivity (Wildman–Crippen MR) is 83.1 cm³/mol. The molecule has 6 heteroatoms. The van der Waals surface area contributed by atoms with Gasteiger partial charge in [-0.05, 0) is 19.0 Å². The lowest BCUT2D eigenvalue weighted by molar-refractivity contribution is 0.341. The highest BCUT2D eigenvalue weighted by atomic mass is 32.2. The Bertz CT molecular complexity index is 585. The highest BCUT2D eigenvalue weighted by Gasteiger charge is 2.27. The van der Waals surface area contributed by atoms with E-state index >= 15 is 0 Å². The molecule has 0 saturated carbocycles. The van der Waals surface area contributed by atoms with Crippen LogP contribution < -0.4 is 9.47 Å². The van der Waals surface area contributed by atoms with Crippen molar-refractivity contribution in [1.29, 1.82) is 0 Å². The van der Waals surface area contributed by atoms with Gasteiger partial charge in [0.2, 0.25) is 0 Å². The normalized spacial score (nSPS) is 19.7. The van der Waals surface area contributed by atoms with Crippen molar-refractivity contribution in [1.82, 2.24) is 4.90 Å². The molecule has 0 bridgehead atoms. The largest absolute Gasteiger partial charge is 0.493 e. The molecule has 0 aliphatic carbocycles. The summed E-state index contributed by atoms with van der Waals surface area (Å²) in [5.74, 6) is 2.10. The number of methoxy groups -OCH3 is 2. The summed E-state index contributed by atoms with van der Waals surface area (Å²) in [6, 6.07) is 5.92. The summed E-state index contributed by atoms with van der Waals surface area (Å²) in [7, 11) is 0.381. The van der Waals surface area contributed by atoms with Crippen molar-refractivity contribution in [3.05, 3.63) is 23.8 Å². The first-order valence-corrected chi connectivity index (χ1v) is 9.11. The molecule has 0 spiro atoms. The summed E-state index contributed by atoms with van der Waals surface area (Å²) >= 11 is 0. The van der Waals surface area contributed by atoms with Crippen LogP contribution in [0.15, 0.2) is 18.2 Å². The fourth-order valence-corrected chi connectivity index (χ4v) is 3.41. The highest BCUT2D eigenvalue weighted by Crippen LogP contribution is 2.39. The minimum absolute atomic E-state index is 0.217. The Kier molecular flexibility index (Phi) is 5.11. The molecule has 1 aromatic carbocycles. The molecule has 0 N–H and O–H groups in total. The standard InChI is InChI=1S/C15H23NO4S/c1-19-14-6-4-5-13(15(14)20-2)12-7-8-16(11-12)9-10-21(3,17)18/h4-6,12H,7-11H2,1-3H3/t12-/m1/s1. The van der Waals surface area contributed by atoms with Crippen LogP contribution in [0.5, 0.6) is 11.5 Å². The molecule has 1 atom stereocenters. The van der Waals surface area contributed by atoms with Crippen LogP contribution in [-0.4, -0.2) is 59.2 Å². The molecule has 1 aliphatic heterocycles. The second-order valence-electron chi connectivity index (χ2n) is 5.50. The van der Waals surface area contributed by atoms with Gasteiger partial charge in [0, 0.05) is 30.8 Å². The third kappa shape index (κ3) is 4.11. The van der Waals surface area contributed by atoms with E-state index in [1.54, 1.807) is 14.2 Å². The van der Waals surface area contributed by atoms with Gasteiger partial charge in [0.25, 0.3) is 0 Å². The Balaban J connectivity index is 2.08. The zero-order valence-corrected chi connectivity index (χ0v) is 13.6. The minimum Gasteiger partial charge on any atom is -0.493 e. The number of benzene rings is 1. The molecule has 0 unspecified atom stereocenters. The molecule has 1 fully saturated rings. The van der Waals surface area contributed by atoms with E-state index in [2.05, 4.69) is 11.0 Å². The third-order valence-corrected chi connectivity index (χ3v) is 4.85. The van der Waals surface area contributed by atoms with Crippen LogP contribution in [-0.2, 0) is 9.84 Å². The maximum Gasteiger partial charge on any atom is 0.164 e. The van der Waals surface area contributed by atoms with E-state index in [-0.39, 0.29) is 5.75 Å². The number of rotatable bonds is 6. The number of nitrogens with zero attached hydrogens (tertiary/aromatic N) is 1. The van der Waals surface area contributed by atoms with E-state index in [0.717, 1.165) is 36.6 Å². The monoisotopic (exact) mass is 313 g/mol. The quantitative estimate of drug-likeness (QED) is 0.797. The van der Waals surface area contributed by atoms with E-state index < -0.39 is 9.84 Å². The van der Waals surface area contributed by atoms with Gasteiger partial charge in [0.1, 0.15) is 9.84 Å². The Hall–Kier alpha value is -1.27. The van der Waals surface area contributed by atoms with Crippen LogP contribution in [0.4, 0.5) is 0 Å². The smallest absolute Gasteiger partial charge is 0.164 e. The van der Waals surface area contributed by atoms with Crippen molar-refractivity contribution in [3.63, 3.8) is 0 Å². The fraction of sp³-hybridized carbons (Fsp3) is 0.600. The van der Waals surface area contributed by atoms with Gasteiger partial charge in [-0.15, -0.1) is 0 Å². The van der Waals surface area contributed by atoms with Gasteiger partial charge in [0.05, 0.1) is 20.0 Å². The van der Waals surface area contributed by atoms with E-state index in [9.17, 15) is 8.42 Å². The van der Waals surface area contributed by atoms with Crippen LogP contribution in [0.3, 0.4) is 0 Å². The van der Waals surface area contributed by atoms with Gasteiger partial charge in [-0.2, -0.15) is 0 Å². The Labute approximate surface area is 126 Å². The molecule has 1 aromatic rings. The van der Waals surface area contributed by atoms with Crippen molar-refractivity contribution in [3.8, 4) is 11.5 Å². The van der Waals surface area contributed by atoms with Crippen LogP contribution in [0.25, 0.3) is 0 Å². The average molecular weight is 313 g/mol. The second kappa shape index (κ2) is 6.66. The zero-order valence-electron chi connectivity index (χ0n) is 12.8. The molecule has 0 amide bonds. The van der Waals surface area contributed by atoms with Crippen molar-refractivity contribution >= 4 is 9.84 Å². The molecule has 2 rings (SSSR count). The van der Waals surface area contributed by atoms with E-state index in [4.69, 9.17) is 9.47 Å². The Morgan fingerprint density at radius 1 is 1.29 bits per heavy atom. The topological polar surface area (TPSA) is 55.8 Å². The zero-order chi connectivity index (χ0) is 15.5. The molecule has 118 valence electrons. The summed E-state index contributed by atoms with van der Waals surface area (Å²) < 4.78 is 33.3. The number of hydrogen-bond acceptors (Lipinski definition) is 5. The van der Waals surface area contributed by atoms with Gasteiger partial charge in [-0.1, -0.05) is 12.1 Å². The minimum atomic E-state index is -2.90. The number of sulfone groups is 1. The van der Waals surface area contributed by atoms with E-state index in [1.807, 2.05) is 12.1 Å². The summed E-state index contributed by atoms with van der Waals surface area (Å²) in [6.07, 6.45) is 2.29. The predicted octanol–water partition coefficient (Wildman–Crippen LogP) is 1.54. The first-order chi connectivity index (χ1) is 9.94. The second-order valence-corrected chi connectivity index (χ2v) is 7.76. The molecule has 1 aliphatic rings. The molecule has 0 aromatic heterocycles. The molecule has 1 saturated heterocycles. The van der Waals surface area contributed by atoms with Crippen LogP contribution >= 0.6 is 0 Å². The van der Waals surface area contributed by atoms with Gasteiger partial charge in [-0.3, -0.25) is 0 Å². The number of para-hydroxylation sites is 1. The van der Waals surface area contributed by atoms with Crippen LogP contribution in [0.1, 0.15) is 17.9 Å². The lowest BCUT2D eigenvalue weighted by Gasteiger charge is -2.18. The van der Waals surface area contributed by atoms with Crippen molar-refractivity contribution < 1.29 is 17.9 Å². The highest BCUT2D eigenvalue weighted by molar-refractivity contribution is 7.90. The van der Waals surface area contributed by atoms with Crippen LogP contribution in [0.2, 0.25) is 0 Å². The molecule has 0 radical (unpaired) electrons. The third-order valence-electron chi connectivity index (χ3n) is 3.92. The fourth-order valence-electron chi connectivity index (χ4n) is 2.82. The maximum atomic E-state index is 11.3. The van der Waals surface area contributed by atoms with E-state index in [0.29, 0.717) is 12.5 Å². The van der Waals surface area contributed by atoms with Gasteiger partial charge >= 0.3 is 0 Å². The number of ether oxygens (including phenoxy) is 2. The summed E-state index contributed by atoms with van der Waals surface area (Å²) in [6.45, 7) is 2.38. The van der Waals surface area contributed by atoms with E-state index in [1.165, 1.54) is 6.26 Å². The number of likely N-dealkylation sites (tertiary alicyclic amines) is 1. The SMILES string of the molecule is COc1cccc([C@@H]2CCN(CCS(C)(=O)=O)C2)c1OC. The Morgan fingerprint density at radius 3 is 2.67 bits per heavy atom. The van der Waals surface area contributed by atoms with Crippen molar-refractivity contribution in [2.45, 2.75) is 12.3 Å². The molecule has 1 heterocycles. The first kappa shape index (κ1) is 16.1. The molecular weight excluding hydrogens is 290 g/mol. The van der Waals surface area contributed by atoms with Crippen LogP contribution in [0, 0.1) is 0 Å².